The highest BCUT2D eigenvalue weighted by Gasteiger charge is 2.33. The molecule has 2 aromatic rings. The highest BCUT2D eigenvalue weighted by Crippen LogP contribution is 2.33. The summed E-state index contributed by atoms with van der Waals surface area (Å²) in [7, 11) is 0. The van der Waals surface area contributed by atoms with E-state index in [1.165, 1.54) is 0 Å². The van der Waals surface area contributed by atoms with Crippen LogP contribution in [0, 0.1) is 0 Å². The van der Waals surface area contributed by atoms with Crippen molar-refractivity contribution in [3.05, 3.63) is 54.2 Å². The smallest absolute Gasteiger partial charge is 0.261 e. The van der Waals surface area contributed by atoms with Crippen molar-refractivity contribution in [2.45, 2.75) is 26.1 Å². The number of amides is 1. The van der Waals surface area contributed by atoms with Crippen molar-refractivity contribution in [1.29, 1.82) is 0 Å². The Morgan fingerprint density at radius 2 is 2.13 bits per heavy atom. The molecule has 1 aliphatic rings. The largest absolute Gasteiger partial charge is 0.471 e. The molecule has 0 saturated heterocycles. The van der Waals surface area contributed by atoms with E-state index in [0.717, 1.165) is 5.56 Å². The maximum Gasteiger partial charge on any atom is 0.261 e. The monoisotopic (exact) mass is 312 g/mol. The molecule has 0 unspecified atom stereocenters. The maximum absolute atomic E-state index is 13.1. The van der Waals surface area contributed by atoms with Crippen molar-refractivity contribution in [2.75, 3.05) is 18.1 Å². The molecule has 1 aromatic carbocycles. The second-order valence-electron chi connectivity index (χ2n) is 5.45. The van der Waals surface area contributed by atoms with Gasteiger partial charge in [0.1, 0.15) is 11.8 Å². The fourth-order valence-electron chi connectivity index (χ4n) is 2.72. The predicted octanol–water partition coefficient (Wildman–Crippen LogP) is 2.97. The Morgan fingerprint density at radius 1 is 1.35 bits per heavy atom. The molecule has 23 heavy (non-hydrogen) atoms. The number of rotatable bonds is 4. The number of anilines is 1. The lowest BCUT2D eigenvalue weighted by atomic mass is 10.1. The van der Waals surface area contributed by atoms with Crippen LogP contribution < -0.4 is 9.64 Å². The lowest BCUT2D eigenvalue weighted by molar-refractivity contribution is -0.130. The van der Waals surface area contributed by atoms with Crippen molar-refractivity contribution in [3.8, 4) is 5.88 Å². The Kier molecular flexibility index (Phi) is 4.57. The molecular weight excluding hydrogens is 292 g/mol. The fraction of sp³-hybridized carbons (Fsp3) is 0.333. The number of ether oxygens (including phenoxy) is 2. The van der Waals surface area contributed by atoms with Gasteiger partial charge in [-0.1, -0.05) is 30.3 Å². The zero-order valence-electron chi connectivity index (χ0n) is 13.3. The molecule has 0 radical (unpaired) electrons. The molecular formula is C18H20N2O3. The maximum atomic E-state index is 13.1. The van der Waals surface area contributed by atoms with Gasteiger partial charge in [0.25, 0.3) is 5.91 Å². The lowest BCUT2D eigenvalue weighted by Gasteiger charge is -2.34. The third kappa shape index (κ3) is 3.19. The molecule has 0 spiro atoms. The zero-order valence-corrected chi connectivity index (χ0v) is 13.3. The van der Waals surface area contributed by atoms with Crippen LogP contribution in [-0.4, -0.2) is 30.1 Å². The van der Waals surface area contributed by atoms with Crippen LogP contribution >= 0.6 is 0 Å². The van der Waals surface area contributed by atoms with Crippen LogP contribution in [0.1, 0.15) is 25.5 Å². The summed E-state index contributed by atoms with van der Waals surface area (Å²) in [6.07, 6.45) is 0.926. The normalized spacial score (nSPS) is 18.0. The number of hydrogen-bond donors (Lipinski definition) is 0. The first-order valence-electron chi connectivity index (χ1n) is 7.80. The minimum absolute atomic E-state index is 0.0950. The van der Waals surface area contributed by atoms with E-state index in [-0.39, 0.29) is 12.0 Å². The predicted molar refractivity (Wildman–Crippen MR) is 87.5 cm³/mol. The number of aromatic nitrogens is 1. The summed E-state index contributed by atoms with van der Waals surface area (Å²) in [6, 6.07) is 13.2. The third-order valence-corrected chi connectivity index (χ3v) is 3.72. The average Bonchev–Trinajstić information content (AvgIpc) is 2.59. The Hall–Kier alpha value is -2.40. The summed E-state index contributed by atoms with van der Waals surface area (Å²) in [5.74, 6) is 0.394. The van der Waals surface area contributed by atoms with Crippen molar-refractivity contribution in [2.24, 2.45) is 0 Å². The first-order chi connectivity index (χ1) is 11.2. The molecule has 0 bridgehead atoms. The molecule has 0 aliphatic carbocycles. The molecule has 1 aromatic heterocycles. The quantitative estimate of drug-likeness (QED) is 0.871. The summed E-state index contributed by atoms with van der Waals surface area (Å²) < 4.78 is 11.5. The standard InChI is InChI=1S/C18H20N2O3/c1-3-22-16(14-8-5-4-6-9-14)18(21)20-12-13(2)23-17-15(20)10-7-11-19-17/h4-11,13,16H,3,12H2,1-2H3/t13-,16+/m0/s1. The average molecular weight is 312 g/mol. The van der Waals surface area contributed by atoms with Crippen LogP contribution in [0.25, 0.3) is 0 Å². The van der Waals surface area contributed by atoms with Gasteiger partial charge in [0.15, 0.2) is 6.10 Å². The van der Waals surface area contributed by atoms with Crippen molar-refractivity contribution >= 4 is 11.6 Å². The summed E-state index contributed by atoms with van der Waals surface area (Å²) in [4.78, 5) is 19.1. The van der Waals surface area contributed by atoms with Crippen molar-refractivity contribution in [3.63, 3.8) is 0 Å². The molecule has 2 atom stereocenters. The molecule has 2 heterocycles. The molecule has 5 nitrogen and oxygen atoms in total. The number of fused-ring (bicyclic) bond motifs is 1. The second-order valence-corrected chi connectivity index (χ2v) is 5.45. The molecule has 3 rings (SSSR count). The Labute approximate surface area is 135 Å². The highest BCUT2D eigenvalue weighted by atomic mass is 16.5. The van der Waals surface area contributed by atoms with Gasteiger partial charge >= 0.3 is 0 Å². The van der Waals surface area contributed by atoms with E-state index in [1.54, 1.807) is 17.2 Å². The van der Waals surface area contributed by atoms with Crippen LogP contribution in [-0.2, 0) is 9.53 Å². The number of benzene rings is 1. The molecule has 0 saturated carbocycles. The summed E-state index contributed by atoms with van der Waals surface area (Å²) >= 11 is 0. The number of carbonyl (C=O) groups is 1. The first kappa shape index (κ1) is 15.5. The number of hydrogen-bond acceptors (Lipinski definition) is 4. The summed E-state index contributed by atoms with van der Waals surface area (Å²) in [5.41, 5.74) is 1.54. The molecule has 0 fully saturated rings. The fourth-order valence-corrected chi connectivity index (χ4v) is 2.72. The molecule has 0 N–H and O–H groups in total. The SMILES string of the molecule is CCO[C@@H](C(=O)N1C[C@H](C)Oc2ncccc21)c1ccccc1. The summed E-state index contributed by atoms with van der Waals surface area (Å²) in [5, 5.41) is 0. The highest BCUT2D eigenvalue weighted by molar-refractivity contribution is 5.98. The third-order valence-electron chi connectivity index (χ3n) is 3.72. The topological polar surface area (TPSA) is 51.7 Å². The molecule has 120 valence electrons. The van der Waals surface area contributed by atoms with Crippen LogP contribution in [0.3, 0.4) is 0 Å². The Morgan fingerprint density at radius 3 is 2.87 bits per heavy atom. The van der Waals surface area contributed by atoms with Gasteiger partial charge in [-0.25, -0.2) is 4.98 Å². The van der Waals surface area contributed by atoms with Crippen LogP contribution in [0.15, 0.2) is 48.7 Å². The van der Waals surface area contributed by atoms with Crippen LogP contribution in [0.5, 0.6) is 5.88 Å². The van der Waals surface area contributed by atoms with Crippen LogP contribution in [0.4, 0.5) is 5.69 Å². The molecule has 1 aliphatic heterocycles. The van der Waals surface area contributed by atoms with Gasteiger partial charge in [-0.05, 0) is 31.5 Å². The van der Waals surface area contributed by atoms with Gasteiger partial charge in [-0.3, -0.25) is 4.79 Å². The van der Waals surface area contributed by atoms with E-state index < -0.39 is 6.10 Å². The van der Waals surface area contributed by atoms with Gasteiger partial charge < -0.3 is 14.4 Å². The Bertz CT molecular complexity index is 675. The lowest BCUT2D eigenvalue weighted by Crippen LogP contribution is -2.45. The minimum atomic E-state index is -0.625. The molecule has 5 heteroatoms. The van der Waals surface area contributed by atoms with Gasteiger partial charge in [0.05, 0.1) is 6.54 Å². The van der Waals surface area contributed by atoms with Gasteiger partial charge in [-0.15, -0.1) is 0 Å². The van der Waals surface area contributed by atoms with E-state index >= 15 is 0 Å². The van der Waals surface area contributed by atoms with E-state index in [4.69, 9.17) is 9.47 Å². The van der Waals surface area contributed by atoms with Gasteiger partial charge in [-0.2, -0.15) is 0 Å². The van der Waals surface area contributed by atoms with E-state index in [2.05, 4.69) is 4.98 Å². The van der Waals surface area contributed by atoms with Gasteiger partial charge in [0, 0.05) is 12.8 Å². The first-order valence-corrected chi connectivity index (χ1v) is 7.80. The minimum Gasteiger partial charge on any atom is -0.471 e. The molecule has 1 amide bonds. The summed E-state index contributed by atoms with van der Waals surface area (Å²) in [6.45, 7) is 4.76. The zero-order chi connectivity index (χ0) is 16.2. The Balaban J connectivity index is 1.94. The van der Waals surface area contributed by atoms with Crippen molar-refractivity contribution < 1.29 is 14.3 Å². The van der Waals surface area contributed by atoms with E-state index in [9.17, 15) is 4.79 Å². The van der Waals surface area contributed by atoms with E-state index in [1.807, 2.05) is 50.2 Å². The number of nitrogens with zero attached hydrogens (tertiary/aromatic N) is 2. The van der Waals surface area contributed by atoms with Crippen molar-refractivity contribution in [1.82, 2.24) is 4.98 Å². The number of carbonyl (C=O) groups excluding carboxylic acids is 1. The van der Waals surface area contributed by atoms with Crippen LogP contribution in [0.2, 0.25) is 0 Å². The van der Waals surface area contributed by atoms with E-state index in [0.29, 0.717) is 24.7 Å². The number of pyridine rings is 1. The van der Waals surface area contributed by atoms with Gasteiger partial charge in [0.2, 0.25) is 5.88 Å². The second kappa shape index (κ2) is 6.79.